The molecule has 0 aliphatic rings. The highest BCUT2D eigenvalue weighted by Crippen LogP contribution is 2.31. The summed E-state index contributed by atoms with van der Waals surface area (Å²) >= 11 is 0. The van der Waals surface area contributed by atoms with Crippen LogP contribution in [0.15, 0.2) is 65.3 Å². The lowest BCUT2D eigenvalue weighted by Crippen LogP contribution is -2.20. The molecule has 0 aliphatic carbocycles. The fourth-order valence-corrected chi connectivity index (χ4v) is 2.85. The van der Waals surface area contributed by atoms with Crippen molar-refractivity contribution >= 4 is 23.2 Å². The molecule has 0 bridgehead atoms. The monoisotopic (exact) mass is 452 g/mol. The van der Waals surface area contributed by atoms with E-state index in [0.717, 1.165) is 12.8 Å². The number of carbonyl (C=O) groups is 2. The Kier molecular flexibility index (Phi) is 8.76. The van der Waals surface area contributed by atoms with Crippen LogP contribution in [0.2, 0.25) is 0 Å². The Morgan fingerprint density at radius 1 is 0.818 bits per heavy atom. The Morgan fingerprint density at radius 3 is 2.30 bits per heavy atom. The van der Waals surface area contributed by atoms with E-state index < -0.39 is 0 Å². The second-order valence-corrected chi connectivity index (χ2v) is 7.15. The summed E-state index contributed by atoms with van der Waals surface area (Å²) in [5, 5.41) is 5.51. The number of benzene rings is 2. The van der Waals surface area contributed by atoms with Crippen LogP contribution in [0.5, 0.6) is 17.2 Å². The van der Waals surface area contributed by atoms with Gasteiger partial charge >= 0.3 is 0 Å². The molecule has 0 atom stereocenters. The van der Waals surface area contributed by atoms with E-state index in [-0.39, 0.29) is 24.2 Å². The molecular weight excluding hydrogens is 424 g/mol. The van der Waals surface area contributed by atoms with Crippen LogP contribution >= 0.6 is 0 Å². The summed E-state index contributed by atoms with van der Waals surface area (Å²) in [6.45, 7) is 4.99. The van der Waals surface area contributed by atoms with Gasteiger partial charge in [-0.15, -0.1) is 0 Å². The van der Waals surface area contributed by atoms with E-state index in [4.69, 9.17) is 18.6 Å². The Hall–Kier alpha value is -3.94. The molecule has 3 aromatic rings. The zero-order valence-electron chi connectivity index (χ0n) is 18.8. The zero-order chi connectivity index (χ0) is 23.5. The highest BCUT2D eigenvalue weighted by atomic mass is 16.5. The maximum absolute atomic E-state index is 12.4. The minimum absolute atomic E-state index is 0.200. The third-order valence-electron chi connectivity index (χ3n) is 4.36. The number of ether oxygens (including phenoxy) is 3. The van der Waals surface area contributed by atoms with E-state index in [1.54, 1.807) is 54.6 Å². The standard InChI is InChI=1S/C25H28N2O6/c1-3-12-30-21-11-10-19(16-23(21)31-13-4-2)26-24(28)17-33-20-8-5-7-18(15-20)27-25(29)22-9-6-14-32-22/h5-11,14-16H,3-4,12-13,17H2,1-2H3,(H,26,28)(H,27,29). The van der Waals surface area contributed by atoms with Gasteiger partial charge in [0, 0.05) is 23.5 Å². The smallest absolute Gasteiger partial charge is 0.291 e. The predicted octanol–water partition coefficient (Wildman–Crippen LogP) is 5.13. The lowest BCUT2D eigenvalue weighted by atomic mass is 10.2. The van der Waals surface area contributed by atoms with Gasteiger partial charge in [-0.1, -0.05) is 19.9 Å². The zero-order valence-corrected chi connectivity index (χ0v) is 18.8. The van der Waals surface area contributed by atoms with Gasteiger partial charge in [-0.2, -0.15) is 0 Å². The van der Waals surface area contributed by atoms with Crippen molar-refractivity contribution < 1.29 is 28.2 Å². The molecule has 174 valence electrons. The number of rotatable bonds is 12. The first-order valence-corrected chi connectivity index (χ1v) is 10.9. The van der Waals surface area contributed by atoms with Crippen molar-refractivity contribution in [3.05, 3.63) is 66.6 Å². The van der Waals surface area contributed by atoms with Crippen LogP contribution in [0.4, 0.5) is 11.4 Å². The number of amides is 2. The van der Waals surface area contributed by atoms with Gasteiger partial charge in [0.05, 0.1) is 19.5 Å². The first kappa shape index (κ1) is 23.7. The molecule has 2 amide bonds. The highest BCUT2D eigenvalue weighted by molar-refractivity contribution is 6.02. The Balaban J connectivity index is 1.56. The number of hydrogen-bond donors (Lipinski definition) is 2. The summed E-state index contributed by atoms with van der Waals surface area (Å²) in [5.74, 6) is 1.18. The molecule has 8 nitrogen and oxygen atoms in total. The Bertz CT molecular complexity index is 1050. The molecule has 3 rings (SSSR count). The van der Waals surface area contributed by atoms with E-state index in [1.807, 2.05) is 13.8 Å². The number of furan rings is 1. The van der Waals surface area contributed by atoms with Crippen molar-refractivity contribution in [2.75, 3.05) is 30.5 Å². The van der Waals surface area contributed by atoms with Crippen molar-refractivity contribution in [3.8, 4) is 17.2 Å². The number of carbonyl (C=O) groups excluding carboxylic acids is 2. The minimum atomic E-state index is -0.373. The average molecular weight is 453 g/mol. The lowest BCUT2D eigenvalue weighted by Gasteiger charge is -2.14. The van der Waals surface area contributed by atoms with Crippen molar-refractivity contribution in [1.29, 1.82) is 0 Å². The summed E-state index contributed by atoms with van der Waals surface area (Å²) in [6.07, 6.45) is 3.17. The molecule has 2 aromatic carbocycles. The molecule has 1 aromatic heterocycles. The topological polar surface area (TPSA) is 99.0 Å². The van der Waals surface area contributed by atoms with E-state index in [1.165, 1.54) is 6.26 Å². The van der Waals surface area contributed by atoms with Gasteiger partial charge in [-0.3, -0.25) is 9.59 Å². The van der Waals surface area contributed by atoms with Crippen molar-refractivity contribution in [2.45, 2.75) is 26.7 Å². The SMILES string of the molecule is CCCOc1ccc(NC(=O)COc2cccc(NC(=O)c3ccco3)c2)cc1OCCC. The minimum Gasteiger partial charge on any atom is -0.490 e. The maximum atomic E-state index is 12.4. The molecule has 0 unspecified atom stereocenters. The molecule has 0 fully saturated rings. The van der Waals surface area contributed by atoms with Gasteiger partial charge in [0.15, 0.2) is 23.9 Å². The van der Waals surface area contributed by atoms with Crippen molar-refractivity contribution in [3.63, 3.8) is 0 Å². The normalized spacial score (nSPS) is 10.4. The average Bonchev–Trinajstić information content (AvgIpc) is 3.36. The molecular formula is C25H28N2O6. The summed E-state index contributed by atoms with van der Waals surface area (Å²) in [5.41, 5.74) is 1.10. The second-order valence-electron chi connectivity index (χ2n) is 7.15. The molecule has 0 aliphatic heterocycles. The first-order valence-electron chi connectivity index (χ1n) is 10.9. The quantitative estimate of drug-likeness (QED) is 0.395. The number of hydrogen-bond acceptors (Lipinski definition) is 6. The Labute approximate surface area is 192 Å². The molecule has 0 saturated carbocycles. The third kappa shape index (κ3) is 7.31. The van der Waals surface area contributed by atoms with Crippen molar-refractivity contribution in [1.82, 2.24) is 0 Å². The molecule has 0 radical (unpaired) electrons. The molecule has 1 heterocycles. The highest BCUT2D eigenvalue weighted by Gasteiger charge is 2.11. The Morgan fingerprint density at radius 2 is 1.58 bits per heavy atom. The second kappa shape index (κ2) is 12.2. The van der Waals surface area contributed by atoms with E-state index in [9.17, 15) is 9.59 Å². The third-order valence-corrected chi connectivity index (χ3v) is 4.36. The summed E-state index contributed by atoms with van der Waals surface area (Å²) in [4.78, 5) is 24.5. The largest absolute Gasteiger partial charge is 0.490 e. The summed E-state index contributed by atoms with van der Waals surface area (Å²) in [7, 11) is 0. The fourth-order valence-electron chi connectivity index (χ4n) is 2.85. The van der Waals surface area contributed by atoms with Gasteiger partial charge in [-0.25, -0.2) is 0 Å². The van der Waals surface area contributed by atoms with Gasteiger partial charge in [0.25, 0.3) is 11.8 Å². The predicted molar refractivity (Wildman–Crippen MR) is 125 cm³/mol. The number of anilines is 2. The van der Waals surface area contributed by atoms with Gasteiger partial charge in [0.1, 0.15) is 5.75 Å². The molecule has 0 saturated heterocycles. The molecule has 8 heteroatoms. The van der Waals surface area contributed by atoms with Crippen LogP contribution < -0.4 is 24.8 Å². The van der Waals surface area contributed by atoms with Gasteiger partial charge in [0.2, 0.25) is 0 Å². The van der Waals surface area contributed by atoms with E-state index in [0.29, 0.717) is 41.8 Å². The molecule has 33 heavy (non-hydrogen) atoms. The van der Waals surface area contributed by atoms with E-state index in [2.05, 4.69) is 10.6 Å². The van der Waals surface area contributed by atoms with Crippen LogP contribution in [0.1, 0.15) is 37.2 Å². The summed E-state index contributed by atoms with van der Waals surface area (Å²) < 4.78 is 22.1. The summed E-state index contributed by atoms with van der Waals surface area (Å²) in [6, 6.07) is 15.2. The van der Waals surface area contributed by atoms with E-state index >= 15 is 0 Å². The van der Waals surface area contributed by atoms with Gasteiger partial charge < -0.3 is 29.3 Å². The molecule has 2 N–H and O–H groups in total. The lowest BCUT2D eigenvalue weighted by molar-refractivity contribution is -0.118. The number of nitrogens with one attached hydrogen (secondary N) is 2. The first-order chi connectivity index (χ1) is 16.1. The van der Waals surface area contributed by atoms with Crippen LogP contribution in [-0.4, -0.2) is 31.6 Å². The van der Waals surface area contributed by atoms with Crippen LogP contribution in [-0.2, 0) is 4.79 Å². The van der Waals surface area contributed by atoms with Gasteiger partial charge in [-0.05, 0) is 49.2 Å². The van der Waals surface area contributed by atoms with Crippen LogP contribution in [0.3, 0.4) is 0 Å². The van der Waals surface area contributed by atoms with Crippen molar-refractivity contribution in [2.24, 2.45) is 0 Å². The van der Waals surface area contributed by atoms with Crippen LogP contribution in [0.25, 0.3) is 0 Å². The van der Waals surface area contributed by atoms with Crippen LogP contribution in [0, 0.1) is 0 Å². The molecule has 0 spiro atoms. The fraction of sp³-hybridized carbons (Fsp3) is 0.280. The maximum Gasteiger partial charge on any atom is 0.291 e.